The minimum atomic E-state index is 0.0903. The van der Waals surface area contributed by atoms with E-state index in [4.69, 9.17) is 0 Å². The largest absolute Gasteiger partial charge is 0.352 e. The lowest BCUT2D eigenvalue weighted by Gasteiger charge is -2.05. The molecule has 0 saturated heterocycles. The maximum Gasteiger partial charge on any atom is 0.220 e. The number of aryl methyl sites for hydroxylation is 2. The number of amides is 1. The van der Waals surface area contributed by atoms with Gasteiger partial charge in [-0.05, 0) is 30.9 Å². The zero-order valence-electron chi connectivity index (χ0n) is 10.8. The normalized spacial score (nSPS) is 10.0. The molecule has 0 unspecified atom stereocenters. The summed E-state index contributed by atoms with van der Waals surface area (Å²) in [6.07, 6.45) is 2.39. The lowest BCUT2D eigenvalue weighted by molar-refractivity contribution is -0.120. The minimum absolute atomic E-state index is 0.0903. The van der Waals surface area contributed by atoms with E-state index in [1.165, 1.54) is 11.1 Å². The van der Waals surface area contributed by atoms with Crippen molar-refractivity contribution >= 4 is 5.91 Å². The molecule has 17 heavy (non-hydrogen) atoms. The molecule has 0 atom stereocenters. The molecule has 0 bridgehead atoms. The van der Waals surface area contributed by atoms with E-state index in [0.717, 1.165) is 18.4 Å². The first-order chi connectivity index (χ1) is 8.11. The summed E-state index contributed by atoms with van der Waals surface area (Å²) in [6.45, 7) is 8.37. The molecule has 0 saturated carbocycles. The van der Waals surface area contributed by atoms with Crippen molar-refractivity contribution in [1.82, 2.24) is 5.32 Å². The summed E-state index contributed by atoms with van der Waals surface area (Å²) in [5, 5.41) is 2.84. The summed E-state index contributed by atoms with van der Waals surface area (Å²) in [6, 6.07) is 8.46. The highest BCUT2D eigenvalue weighted by molar-refractivity contribution is 5.76. The lowest BCUT2D eigenvalue weighted by Crippen LogP contribution is -2.24. The first kappa shape index (κ1) is 13.5. The molecule has 1 amide bonds. The number of carbonyl (C=O) groups excluding carboxylic acids is 1. The van der Waals surface area contributed by atoms with Gasteiger partial charge in [-0.1, -0.05) is 43.3 Å². The summed E-state index contributed by atoms with van der Waals surface area (Å²) in [5.74, 6) is 0.0903. The Morgan fingerprint density at radius 1 is 1.24 bits per heavy atom. The van der Waals surface area contributed by atoms with Crippen LogP contribution in [-0.4, -0.2) is 12.5 Å². The van der Waals surface area contributed by atoms with Crippen LogP contribution in [0.15, 0.2) is 36.4 Å². The van der Waals surface area contributed by atoms with Gasteiger partial charge in [0.1, 0.15) is 0 Å². The SMILES string of the molecule is C=C(C)CNC(=O)CCc1ccc(CC)cc1. The van der Waals surface area contributed by atoms with Crippen LogP contribution in [0.1, 0.15) is 31.4 Å². The fraction of sp³-hybridized carbons (Fsp3) is 0.400. The first-order valence-electron chi connectivity index (χ1n) is 6.10. The fourth-order valence-electron chi connectivity index (χ4n) is 1.54. The van der Waals surface area contributed by atoms with Crippen LogP contribution in [0.25, 0.3) is 0 Å². The van der Waals surface area contributed by atoms with Gasteiger partial charge in [0.15, 0.2) is 0 Å². The van der Waals surface area contributed by atoms with E-state index in [-0.39, 0.29) is 5.91 Å². The van der Waals surface area contributed by atoms with Crippen LogP contribution < -0.4 is 5.32 Å². The van der Waals surface area contributed by atoms with Crippen molar-refractivity contribution in [2.24, 2.45) is 0 Å². The minimum Gasteiger partial charge on any atom is -0.352 e. The van der Waals surface area contributed by atoms with Crippen molar-refractivity contribution in [3.8, 4) is 0 Å². The van der Waals surface area contributed by atoms with E-state index >= 15 is 0 Å². The fourth-order valence-corrected chi connectivity index (χ4v) is 1.54. The standard InChI is InChI=1S/C15H21NO/c1-4-13-5-7-14(8-6-13)9-10-15(17)16-11-12(2)3/h5-8H,2,4,9-11H2,1,3H3,(H,16,17). The number of hydrogen-bond acceptors (Lipinski definition) is 1. The Hall–Kier alpha value is -1.57. The number of benzene rings is 1. The average Bonchev–Trinajstić information content (AvgIpc) is 2.34. The highest BCUT2D eigenvalue weighted by atomic mass is 16.1. The topological polar surface area (TPSA) is 29.1 Å². The van der Waals surface area contributed by atoms with Gasteiger partial charge in [0.05, 0.1) is 0 Å². The zero-order valence-corrected chi connectivity index (χ0v) is 10.8. The molecule has 1 rings (SSSR count). The van der Waals surface area contributed by atoms with Gasteiger partial charge < -0.3 is 5.32 Å². The molecule has 0 spiro atoms. The van der Waals surface area contributed by atoms with Gasteiger partial charge >= 0.3 is 0 Å². The highest BCUT2D eigenvalue weighted by Crippen LogP contribution is 2.07. The van der Waals surface area contributed by atoms with Crippen molar-refractivity contribution < 1.29 is 4.79 Å². The van der Waals surface area contributed by atoms with Crippen LogP contribution in [0.3, 0.4) is 0 Å². The first-order valence-corrected chi connectivity index (χ1v) is 6.10. The Labute approximate surface area is 104 Å². The van der Waals surface area contributed by atoms with E-state index in [1.54, 1.807) is 0 Å². The Morgan fingerprint density at radius 3 is 2.35 bits per heavy atom. The molecule has 0 aromatic heterocycles. The molecule has 1 N–H and O–H groups in total. The van der Waals surface area contributed by atoms with Gasteiger partial charge in [-0.3, -0.25) is 4.79 Å². The number of nitrogens with one attached hydrogen (secondary N) is 1. The van der Waals surface area contributed by atoms with Crippen LogP contribution in [0.5, 0.6) is 0 Å². The molecule has 0 heterocycles. The molecule has 92 valence electrons. The number of carbonyl (C=O) groups is 1. The van der Waals surface area contributed by atoms with Gasteiger partial charge in [0, 0.05) is 13.0 Å². The molecule has 1 aromatic rings. The van der Waals surface area contributed by atoms with Crippen LogP contribution >= 0.6 is 0 Å². The summed E-state index contributed by atoms with van der Waals surface area (Å²) in [7, 11) is 0. The van der Waals surface area contributed by atoms with Crippen molar-refractivity contribution in [2.45, 2.75) is 33.1 Å². The molecule has 1 aromatic carbocycles. The molecule has 0 radical (unpaired) electrons. The van der Waals surface area contributed by atoms with E-state index in [1.807, 2.05) is 6.92 Å². The lowest BCUT2D eigenvalue weighted by atomic mass is 10.1. The number of rotatable bonds is 6. The second-order valence-electron chi connectivity index (χ2n) is 4.40. The second kappa shape index (κ2) is 6.89. The van der Waals surface area contributed by atoms with Crippen molar-refractivity contribution in [3.05, 3.63) is 47.5 Å². The van der Waals surface area contributed by atoms with Crippen molar-refractivity contribution in [1.29, 1.82) is 0 Å². The Kier molecular flexibility index (Phi) is 5.47. The highest BCUT2D eigenvalue weighted by Gasteiger charge is 2.01. The van der Waals surface area contributed by atoms with Gasteiger partial charge in [0.2, 0.25) is 5.91 Å². The molecule has 2 nitrogen and oxygen atoms in total. The van der Waals surface area contributed by atoms with E-state index < -0.39 is 0 Å². The Bertz CT molecular complexity index is 378. The summed E-state index contributed by atoms with van der Waals surface area (Å²) < 4.78 is 0. The van der Waals surface area contributed by atoms with E-state index in [2.05, 4.69) is 43.1 Å². The van der Waals surface area contributed by atoms with Crippen LogP contribution in [0.4, 0.5) is 0 Å². The average molecular weight is 231 g/mol. The van der Waals surface area contributed by atoms with Crippen LogP contribution in [0.2, 0.25) is 0 Å². The van der Waals surface area contributed by atoms with Gasteiger partial charge in [0.25, 0.3) is 0 Å². The maximum absolute atomic E-state index is 11.5. The maximum atomic E-state index is 11.5. The quantitative estimate of drug-likeness (QED) is 0.749. The monoisotopic (exact) mass is 231 g/mol. The second-order valence-corrected chi connectivity index (χ2v) is 4.40. The number of hydrogen-bond donors (Lipinski definition) is 1. The van der Waals surface area contributed by atoms with Crippen molar-refractivity contribution in [3.63, 3.8) is 0 Å². The molecular weight excluding hydrogens is 210 g/mol. The zero-order chi connectivity index (χ0) is 12.7. The van der Waals surface area contributed by atoms with Crippen LogP contribution in [0, 0.1) is 0 Å². The molecule has 0 aliphatic heterocycles. The molecule has 2 heteroatoms. The third kappa shape index (κ3) is 5.34. The van der Waals surface area contributed by atoms with Crippen LogP contribution in [-0.2, 0) is 17.6 Å². The Balaban J connectivity index is 2.34. The molecule has 0 aliphatic rings. The van der Waals surface area contributed by atoms with Crippen molar-refractivity contribution in [2.75, 3.05) is 6.54 Å². The van der Waals surface area contributed by atoms with Gasteiger partial charge in [-0.25, -0.2) is 0 Å². The van der Waals surface area contributed by atoms with Gasteiger partial charge in [-0.2, -0.15) is 0 Å². The third-order valence-electron chi connectivity index (χ3n) is 2.66. The molecule has 0 fully saturated rings. The van der Waals surface area contributed by atoms with Gasteiger partial charge in [-0.15, -0.1) is 0 Å². The Morgan fingerprint density at radius 2 is 1.82 bits per heavy atom. The molecular formula is C15H21NO. The third-order valence-corrected chi connectivity index (χ3v) is 2.66. The predicted octanol–water partition coefficient (Wildman–Crippen LogP) is 2.87. The summed E-state index contributed by atoms with van der Waals surface area (Å²) in [5.41, 5.74) is 3.53. The van der Waals surface area contributed by atoms with E-state index in [9.17, 15) is 4.79 Å². The van der Waals surface area contributed by atoms with E-state index in [0.29, 0.717) is 13.0 Å². The smallest absolute Gasteiger partial charge is 0.220 e. The molecule has 0 aliphatic carbocycles. The summed E-state index contributed by atoms with van der Waals surface area (Å²) >= 11 is 0. The summed E-state index contributed by atoms with van der Waals surface area (Å²) in [4.78, 5) is 11.5. The predicted molar refractivity (Wildman–Crippen MR) is 72.0 cm³/mol.